The Balaban J connectivity index is 1.52. The number of aromatic nitrogens is 2. The average Bonchev–Trinajstić information content (AvgIpc) is 3.34. The Hall–Kier alpha value is -2.73. The fourth-order valence-electron chi connectivity index (χ4n) is 4.30. The summed E-state index contributed by atoms with van der Waals surface area (Å²) in [6.07, 6.45) is 0.952. The number of carbonyl (C=O) groups is 1. The fourth-order valence-corrected chi connectivity index (χ4v) is 4.30. The van der Waals surface area contributed by atoms with Gasteiger partial charge in [-0.2, -0.15) is 0 Å². The second kappa shape index (κ2) is 8.19. The number of hydrogen-bond donors (Lipinski definition) is 0. The summed E-state index contributed by atoms with van der Waals surface area (Å²) in [4.78, 5) is 21.6. The largest absolute Gasteiger partial charge is 0.337 e. The average molecular weight is 409 g/mol. The molecule has 6 heteroatoms. The summed E-state index contributed by atoms with van der Waals surface area (Å²) in [5.74, 6) is 0.355. The summed E-state index contributed by atoms with van der Waals surface area (Å²) in [6, 6.07) is 13.3. The third-order valence-electron chi connectivity index (χ3n) is 6.27. The molecule has 1 aliphatic heterocycles. The van der Waals surface area contributed by atoms with Gasteiger partial charge in [-0.1, -0.05) is 18.2 Å². The van der Waals surface area contributed by atoms with E-state index in [0.717, 1.165) is 36.4 Å². The molecule has 1 fully saturated rings. The highest BCUT2D eigenvalue weighted by Crippen LogP contribution is 2.22. The molecule has 0 aliphatic carbocycles. The van der Waals surface area contributed by atoms with E-state index in [0.29, 0.717) is 23.7 Å². The van der Waals surface area contributed by atoms with E-state index in [-0.39, 0.29) is 17.8 Å². The third kappa shape index (κ3) is 3.84. The molecule has 0 saturated carbocycles. The van der Waals surface area contributed by atoms with Crippen molar-refractivity contribution in [2.75, 3.05) is 20.1 Å². The quantitative estimate of drug-likeness (QED) is 0.639. The van der Waals surface area contributed by atoms with Gasteiger partial charge in [-0.15, -0.1) is 0 Å². The summed E-state index contributed by atoms with van der Waals surface area (Å²) >= 11 is 0. The predicted molar refractivity (Wildman–Crippen MR) is 117 cm³/mol. The van der Waals surface area contributed by atoms with Crippen LogP contribution in [-0.2, 0) is 6.54 Å². The standard InChI is InChI=1S/C24H29FN4O/c1-16(2)28-12-11-20(15-28)27(4)24(30)18-9-10-19(21(25)13-18)14-29-17(3)26-22-7-5-6-8-23(22)29/h5-10,13,16,20H,11-12,14-15H2,1-4H3/t20-/m1/s1. The van der Waals surface area contributed by atoms with Crippen molar-refractivity contribution in [3.63, 3.8) is 0 Å². The Bertz CT molecular complexity index is 1070. The van der Waals surface area contributed by atoms with Crippen molar-refractivity contribution in [2.24, 2.45) is 0 Å². The van der Waals surface area contributed by atoms with Crippen molar-refractivity contribution in [1.82, 2.24) is 19.4 Å². The van der Waals surface area contributed by atoms with E-state index in [9.17, 15) is 9.18 Å². The van der Waals surface area contributed by atoms with Gasteiger partial charge in [0.15, 0.2) is 0 Å². The van der Waals surface area contributed by atoms with Gasteiger partial charge in [0.25, 0.3) is 5.91 Å². The van der Waals surface area contributed by atoms with Crippen LogP contribution in [0.4, 0.5) is 4.39 Å². The smallest absolute Gasteiger partial charge is 0.253 e. The summed E-state index contributed by atoms with van der Waals surface area (Å²) in [7, 11) is 1.82. The molecule has 0 bridgehead atoms. The number of para-hydroxylation sites is 2. The molecule has 0 unspecified atom stereocenters. The number of imidazole rings is 1. The molecular weight excluding hydrogens is 379 g/mol. The molecule has 1 atom stereocenters. The van der Waals surface area contributed by atoms with Crippen molar-refractivity contribution in [3.8, 4) is 0 Å². The molecule has 1 aromatic heterocycles. The van der Waals surface area contributed by atoms with Crippen LogP contribution in [0.3, 0.4) is 0 Å². The van der Waals surface area contributed by atoms with Gasteiger partial charge >= 0.3 is 0 Å². The number of nitrogens with zero attached hydrogens (tertiary/aromatic N) is 4. The number of aryl methyl sites for hydroxylation is 1. The number of rotatable bonds is 5. The zero-order valence-corrected chi connectivity index (χ0v) is 18.1. The summed E-state index contributed by atoms with van der Waals surface area (Å²) in [6.45, 7) is 8.51. The lowest BCUT2D eigenvalue weighted by Crippen LogP contribution is -2.40. The van der Waals surface area contributed by atoms with Gasteiger partial charge < -0.3 is 9.47 Å². The van der Waals surface area contributed by atoms with Crippen molar-refractivity contribution < 1.29 is 9.18 Å². The molecule has 2 heterocycles. The maximum atomic E-state index is 14.9. The van der Waals surface area contributed by atoms with Crippen LogP contribution in [0, 0.1) is 12.7 Å². The first-order valence-corrected chi connectivity index (χ1v) is 10.6. The lowest BCUT2D eigenvalue weighted by Gasteiger charge is -2.26. The Morgan fingerprint density at radius 1 is 1.27 bits per heavy atom. The second-order valence-electron chi connectivity index (χ2n) is 8.49. The first kappa shape index (κ1) is 20.5. The minimum absolute atomic E-state index is 0.125. The number of likely N-dealkylation sites (N-methyl/N-ethyl adjacent to an activating group) is 1. The molecule has 1 amide bonds. The van der Waals surface area contributed by atoms with Crippen LogP contribution in [0.25, 0.3) is 11.0 Å². The molecule has 0 radical (unpaired) electrons. The molecule has 2 aromatic carbocycles. The van der Waals surface area contributed by atoms with Gasteiger partial charge in [0.05, 0.1) is 17.6 Å². The number of likely N-dealkylation sites (tertiary alicyclic amines) is 1. The molecule has 158 valence electrons. The molecule has 1 saturated heterocycles. The van der Waals surface area contributed by atoms with Crippen LogP contribution in [0.15, 0.2) is 42.5 Å². The van der Waals surface area contributed by atoms with E-state index < -0.39 is 0 Å². The Labute approximate surface area is 177 Å². The molecule has 1 aliphatic rings. The number of halogens is 1. The molecule has 0 spiro atoms. The monoisotopic (exact) mass is 408 g/mol. The lowest BCUT2D eigenvalue weighted by atomic mass is 10.1. The first-order valence-electron chi connectivity index (χ1n) is 10.6. The lowest BCUT2D eigenvalue weighted by molar-refractivity contribution is 0.0731. The highest BCUT2D eigenvalue weighted by atomic mass is 19.1. The molecular formula is C24H29FN4O. The number of hydrogen-bond acceptors (Lipinski definition) is 3. The van der Waals surface area contributed by atoms with E-state index in [1.807, 2.05) is 42.8 Å². The van der Waals surface area contributed by atoms with Crippen molar-refractivity contribution in [3.05, 3.63) is 65.2 Å². The Morgan fingerprint density at radius 3 is 2.73 bits per heavy atom. The maximum absolute atomic E-state index is 14.9. The van der Waals surface area contributed by atoms with Crippen LogP contribution in [0.5, 0.6) is 0 Å². The topological polar surface area (TPSA) is 41.4 Å². The van der Waals surface area contributed by atoms with Gasteiger partial charge in [0.1, 0.15) is 11.6 Å². The fraction of sp³-hybridized carbons (Fsp3) is 0.417. The van der Waals surface area contributed by atoms with Crippen molar-refractivity contribution in [2.45, 2.75) is 45.8 Å². The Kier molecular flexibility index (Phi) is 5.60. The summed E-state index contributed by atoms with van der Waals surface area (Å²) in [5.41, 5.74) is 2.82. The predicted octanol–water partition coefficient (Wildman–Crippen LogP) is 4.09. The zero-order valence-electron chi connectivity index (χ0n) is 18.1. The second-order valence-corrected chi connectivity index (χ2v) is 8.49. The first-order chi connectivity index (χ1) is 14.3. The van der Waals surface area contributed by atoms with Gasteiger partial charge in [0.2, 0.25) is 0 Å². The number of amides is 1. The van der Waals surface area contributed by atoms with E-state index in [1.54, 1.807) is 17.0 Å². The molecule has 4 rings (SSSR count). The maximum Gasteiger partial charge on any atom is 0.253 e. The van der Waals surface area contributed by atoms with Gasteiger partial charge in [-0.3, -0.25) is 9.69 Å². The minimum atomic E-state index is -0.360. The zero-order chi connectivity index (χ0) is 21.4. The highest BCUT2D eigenvalue weighted by Gasteiger charge is 2.30. The van der Waals surface area contributed by atoms with E-state index in [1.165, 1.54) is 6.07 Å². The number of fused-ring (bicyclic) bond motifs is 1. The van der Waals surface area contributed by atoms with E-state index >= 15 is 0 Å². The number of benzene rings is 2. The molecule has 5 nitrogen and oxygen atoms in total. The van der Waals surface area contributed by atoms with Crippen molar-refractivity contribution >= 4 is 16.9 Å². The van der Waals surface area contributed by atoms with Gasteiger partial charge in [-0.05, 0) is 51.5 Å². The van der Waals surface area contributed by atoms with Gasteiger partial charge in [-0.25, -0.2) is 9.37 Å². The van der Waals surface area contributed by atoms with Crippen LogP contribution in [0.2, 0.25) is 0 Å². The van der Waals surface area contributed by atoms with Crippen LogP contribution in [0.1, 0.15) is 42.0 Å². The Morgan fingerprint density at radius 2 is 2.03 bits per heavy atom. The van der Waals surface area contributed by atoms with Gasteiger partial charge in [0, 0.05) is 43.3 Å². The SMILES string of the molecule is Cc1nc2ccccc2n1Cc1ccc(C(=O)N(C)[C@@H]2CCN(C(C)C)C2)cc1F. The number of carbonyl (C=O) groups excluding carboxylic acids is 1. The van der Waals surface area contributed by atoms with Crippen LogP contribution >= 0.6 is 0 Å². The molecule has 30 heavy (non-hydrogen) atoms. The molecule has 0 N–H and O–H groups in total. The summed E-state index contributed by atoms with van der Waals surface area (Å²) in [5, 5.41) is 0. The third-order valence-corrected chi connectivity index (χ3v) is 6.27. The van der Waals surface area contributed by atoms with Crippen molar-refractivity contribution in [1.29, 1.82) is 0 Å². The normalized spacial score (nSPS) is 17.2. The highest BCUT2D eigenvalue weighted by molar-refractivity contribution is 5.94. The van der Waals surface area contributed by atoms with E-state index in [2.05, 4.69) is 23.7 Å². The summed E-state index contributed by atoms with van der Waals surface area (Å²) < 4.78 is 16.9. The molecule has 3 aromatic rings. The van der Waals surface area contributed by atoms with E-state index in [4.69, 9.17) is 0 Å². The minimum Gasteiger partial charge on any atom is -0.337 e. The van der Waals surface area contributed by atoms with Crippen LogP contribution in [-0.4, -0.2) is 57.5 Å². The van der Waals surface area contributed by atoms with Crippen LogP contribution < -0.4 is 0 Å².